The fourth-order valence-corrected chi connectivity index (χ4v) is 3.84. The Hall–Kier alpha value is -2.67. The number of rotatable bonds is 3. The van der Waals surface area contributed by atoms with Gasteiger partial charge in [0.05, 0.1) is 35.2 Å². The van der Waals surface area contributed by atoms with Gasteiger partial charge in [-0.3, -0.25) is 14.3 Å². The molecule has 0 radical (unpaired) electrons. The minimum Gasteiger partial charge on any atom is -0.336 e. The van der Waals surface area contributed by atoms with E-state index < -0.39 is 0 Å². The van der Waals surface area contributed by atoms with E-state index in [1.807, 2.05) is 32.2 Å². The van der Waals surface area contributed by atoms with E-state index in [1.165, 1.54) is 4.88 Å². The first-order valence-corrected chi connectivity index (χ1v) is 8.48. The van der Waals surface area contributed by atoms with E-state index in [2.05, 4.69) is 32.7 Å². The maximum atomic E-state index is 12.9. The highest BCUT2D eigenvalue weighted by Crippen LogP contribution is 2.23. The van der Waals surface area contributed by atoms with Gasteiger partial charge in [-0.2, -0.15) is 5.10 Å². The van der Waals surface area contributed by atoms with Crippen molar-refractivity contribution in [1.82, 2.24) is 24.5 Å². The fourth-order valence-electron chi connectivity index (χ4n) is 2.95. The third kappa shape index (κ3) is 2.28. The molecule has 0 bridgehead atoms. The topological polar surface area (TPSA) is 66.3 Å². The van der Waals surface area contributed by atoms with Crippen LogP contribution in [0.15, 0.2) is 30.6 Å². The normalized spacial score (nSPS) is 11.5. The van der Waals surface area contributed by atoms with Gasteiger partial charge in [-0.1, -0.05) is 12.1 Å². The van der Waals surface area contributed by atoms with Gasteiger partial charge in [0.1, 0.15) is 0 Å². The molecule has 6 nitrogen and oxygen atoms in total. The quantitative estimate of drug-likeness (QED) is 0.623. The van der Waals surface area contributed by atoms with Crippen molar-refractivity contribution in [2.75, 3.05) is 7.05 Å². The molecule has 0 fully saturated rings. The van der Waals surface area contributed by atoms with E-state index in [-0.39, 0.29) is 5.91 Å². The van der Waals surface area contributed by atoms with Gasteiger partial charge in [-0.05, 0) is 19.9 Å². The number of amides is 1. The lowest BCUT2D eigenvalue weighted by atomic mass is 10.1. The Kier molecular flexibility index (Phi) is 3.38. The van der Waals surface area contributed by atoms with Crippen LogP contribution in [0.3, 0.4) is 0 Å². The average molecular weight is 339 g/mol. The number of aryl methyl sites for hydroxylation is 2. The van der Waals surface area contributed by atoms with Gasteiger partial charge in [0.2, 0.25) is 0 Å². The summed E-state index contributed by atoms with van der Waals surface area (Å²) in [7, 11) is 1.82. The summed E-state index contributed by atoms with van der Waals surface area (Å²) in [5.41, 5.74) is 3.41. The zero-order chi connectivity index (χ0) is 16.8. The minimum atomic E-state index is -0.0360. The van der Waals surface area contributed by atoms with Crippen molar-refractivity contribution in [3.05, 3.63) is 52.4 Å². The maximum Gasteiger partial charge on any atom is 0.256 e. The van der Waals surface area contributed by atoms with Gasteiger partial charge < -0.3 is 4.90 Å². The number of aromatic amines is 1. The van der Waals surface area contributed by atoms with Crippen LogP contribution in [0.4, 0.5) is 0 Å². The molecule has 3 aromatic heterocycles. The second-order valence-corrected chi connectivity index (χ2v) is 7.15. The molecule has 1 amide bonds. The van der Waals surface area contributed by atoms with E-state index in [1.54, 1.807) is 22.4 Å². The van der Waals surface area contributed by atoms with Crippen LogP contribution in [0.2, 0.25) is 0 Å². The summed E-state index contributed by atoms with van der Waals surface area (Å²) < 4.78 is 2.08. The summed E-state index contributed by atoms with van der Waals surface area (Å²) in [5.74, 6) is -0.0360. The van der Waals surface area contributed by atoms with Gasteiger partial charge in [0.25, 0.3) is 5.91 Å². The van der Waals surface area contributed by atoms with Crippen molar-refractivity contribution in [3.63, 3.8) is 0 Å². The molecule has 3 heterocycles. The first kappa shape index (κ1) is 14.9. The second kappa shape index (κ2) is 5.45. The molecule has 122 valence electrons. The summed E-state index contributed by atoms with van der Waals surface area (Å²) in [6.45, 7) is 4.55. The average Bonchev–Trinajstić information content (AvgIpc) is 3.23. The number of imidazole rings is 1. The van der Waals surface area contributed by atoms with Crippen molar-refractivity contribution in [2.24, 2.45) is 0 Å². The van der Waals surface area contributed by atoms with Crippen molar-refractivity contribution in [1.29, 1.82) is 0 Å². The summed E-state index contributed by atoms with van der Waals surface area (Å²) >= 11 is 1.66. The molecule has 0 saturated carbocycles. The third-order valence-corrected chi connectivity index (χ3v) is 5.08. The SMILES string of the molecule is Cc1cn2c(CN(C)C(=O)c3cccc4cn[nH]c34)c(C)nc2s1. The molecule has 0 spiro atoms. The van der Waals surface area contributed by atoms with E-state index in [0.717, 1.165) is 27.3 Å². The molecule has 0 aliphatic rings. The Morgan fingerprint density at radius 2 is 2.21 bits per heavy atom. The Bertz CT molecular complexity index is 1060. The minimum absolute atomic E-state index is 0.0360. The number of aromatic nitrogens is 4. The van der Waals surface area contributed by atoms with Crippen molar-refractivity contribution < 1.29 is 4.79 Å². The highest BCUT2D eigenvalue weighted by atomic mass is 32.1. The van der Waals surface area contributed by atoms with Crippen molar-refractivity contribution in [2.45, 2.75) is 20.4 Å². The lowest BCUT2D eigenvalue weighted by Gasteiger charge is -2.17. The molecule has 24 heavy (non-hydrogen) atoms. The van der Waals surface area contributed by atoms with Crippen LogP contribution >= 0.6 is 11.3 Å². The predicted octanol–water partition coefficient (Wildman–Crippen LogP) is 3.16. The van der Waals surface area contributed by atoms with Gasteiger partial charge in [0.15, 0.2) is 4.96 Å². The molecule has 4 rings (SSSR count). The smallest absolute Gasteiger partial charge is 0.256 e. The number of fused-ring (bicyclic) bond motifs is 2. The molecular weight excluding hydrogens is 322 g/mol. The largest absolute Gasteiger partial charge is 0.336 e. The number of hydrogen-bond donors (Lipinski definition) is 1. The molecule has 0 unspecified atom stereocenters. The predicted molar refractivity (Wildman–Crippen MR) is 94.4 cm³/mol. The van der Waals surface area contributed by atoms with Gasteiger partial charge >= 0.3 is 0 Å². The van der Waals surface area contributed by atoms with E-state index >= 15 is 0 Å². The number of thiazole rings is 1. The fraction of sp³-hybridized carbons (Fsp3) is 0.235. The number of carbonyl (C=O) groups excluding carboxylic acids is 1. The number of nitrogens with one attached hydrogen (secondary N) is 1. The van der Waals surface area contributed by atoms with Crippen LogP contribution in [0.1, 0.15) is 26.6 Å². The summed E-state index contributed by atoms with van der Waals surface area (Å²) in [6, 6.07) is 5.64. The van der Waals surface area contributed by atoms with Crippen molar-refractivity contribution >= 4 is 33.1 Å². The van der Waals surface area contributed by atoms with Gasteiger partial charge in [-0.25, -0.2) is 4.98 Å². The van der Waals surface area contributed by atoms with Crippen LogP contribution < -0.4 is 0 Å². The van der Waals surface area contributed by atoms with Crippen LogP contribution in [0, 0.1) is 13.8 Å². The number of H-pyrrole nitrogens is 1. The van der Waals surface area contributed by atoms with Crippen LogP contribution in [0.25, 0.3) is 15.9 Å². The molecule has 0 atom stereocenters. The number of benzene rings is 1. The maximum absolute atomic E-state index is 12.9. The van der Waals surface area contributed by atoms with Crippen molar-refractivity contribution in [3.8, 4) is 0 Å². The second-order valence-electron chi connectivity index (χ2n) is 5.94. The van der Waals surface area contributed by atoms with Crippen LogP contribution in [0.5, 0.6) is 0 Å². The molecule has 7 heteroatoms. The Labute approximate surface area is 142 Å². The van der Waals surface area contributed by atoms with Gasteiger partial charge in [-0.15, -0.1) is 11.3 Å². The molecule has 1 N–H and O–H groups in total. The Morgan fingerprint density at radius 3 is 3.04 bits per heavy atom. The monoisotopic (exact) mass is 339 g/mol. The number of para-hydroxylation sites is 1. The zero-order valence-electron chi connectivity index (χ0n) is 13.7. The number of nitrogens with zero attached hydrogens (tertiary/aromatic N) is 4. The molecule has 0 aliphatic carbocycles. The van der Waals surface area contributed by atoms with E-state index in [9.17, 15) is 4.79 Å². The molecule has 0 aliphatic heterocycles. The van der Waals surface area contributed by atoms with Crippen LogP contribution in [-0.2, 0) is 6.54 Å². The first-order valence-electron chi connectivity index (χ1n) is 7.66. The van der Waals surface area contributed by atoms with E-state index in [4.69, 9.17) is 0 Å². The standard InChI is InChI=1S/C17H17N5OS/c1-10-8-22-14(11(2)19-17(22)24-10)9-21(3)16(23)13-6-4-5-12-7-18-20-15(12)13/h4-8H,9H2,1-3H3,(H,18,20). The van der Waals surface area contributed by atoms with Crippen LogP contribution in [-0.4, -0.2) is 37.4 Å². The highest BCUT2D eigenvalue weighted by Gasteiger charge is 2.19. The number of carbonyl (C=O) groups is 1. The number of hydrogen-bond acceptors (Lipinski definition) is 4. The third-order valence-electron chi connectivity index (χ3n) is 4.18. The first-order chi connectivity index (χ1) is 11.5. The molecule has 4 aromatic rings. The zero-order valence-corrected chi connectivity index (χ0v) is 14.5. The summed E-state index contributed by atoms with van der Waals surface area (Å²) in [6.07, 6.45) is 3.80. The molecular formula is C17H17N5OS. The Balaban J connectivity index is 1.68. The van der Waals surface area contributed by atoms with Gasteiger partial charge in [0, 0.05) is 23.5 Å². The van der Waals surface area contributed by atoms with E-state index in [0.29, 0.717) is 12.1 Å². The Morgan fingerprint density at radius 1 is 1.38 bits per heavy atom. The lowest BCUT2D eigenvalue weighted by molar-refractivity contribution is 0.0784. The molecule has 1 aromatic carbocycles. The summed E-state index contributed by atoms with van der Waals surface area (Å²) in [4.78, 5) is 21.4. The molecule has 0 saturated heterocycles. The summed E-state index contributed by atoms with van der Waals surface area (Å²) in [5, 5.41) is 7.88. The highest BCUT2D eigenvalue weighted by molar-refractivity contribution is 7.17. The lowest BCUT2D eigenvalue weighted by Crippen LogP contribution is -2.27.